The van der Waals surface area contributed by atoms with E-state index >= 15 is 0 Å². The summed E-state index contributed by atoms with van der Waals surface area (Å²) >= 11 is 0. The summed E-state index contributed by atoms with van der Waals surface area (Å²) in [5.41, 5.74) is 1.86. The molecular weight excluding hydrogens is 342 g/mol. The molecule has 0 radical (unpaired) electrons. The maximum absolute atomic E-state index is 12.6. The molecule has 0 aliphatic rings. The smallest absolute Gasteiger partial charge is 0.250 e. The van der Waals surface area contributed by atoms with E-state index in [0.717, 1.165) is 16.9 Å². The van der Waals surface area contributed by atoms with Crippen molar-refractivity contribution in [2.75, 3.05) is 12.4 Å². The van der Waals surface area contributed by atoms with Gasteiger partial charge in [-0.3, -0.25) is 9.78 Å². The van der Waals surface area contributed by atoms with Crippen LogP contribution in [-0.4, -0.2) is 32.8 Å². The average Bonchev–Trinajstić information content (AvgIpc) is 3.11. The Labute approximate surface area is 158 Å². The number of pyridine rings is 1. The van der Waals surface area contributed by atoms with Gasteiger partial charge in [-0.1, -0.05) is 26.0 Å². The number of rotatable bonds is 7. The minimum absolute atomic E-state index is 0.0879. The van der Waals surface area contributed by atoms with Crippen molar-refractivity contribution in [1.82, 2.24) is 19.7 Å². The number of nitrogens with zero attached hydrogens (tertiary/aromatic N) is 4. The van der Waals surface area contributed by atoms with Crippen LogP contribution in [-0.2, 0) is 6.54 Å². The van der Waals surface area contributed by atoms with Crippen molar-refractivity contribution >= 4 is 11.9 Å². The highest BCUT2D eigenvalue weighted by molar-refractivity contribution is 5.81. The first-order valence-corrected chi connectivity index (χ1v) is 8.84. The van der Waals surface area contributed by atoms with Gasteiger partial charge in [-0.25, -0.2) is 0 Å². The van der Waals surface area contributed by atoms with Crippen molar-refractivity contribution in [1.29, 1.82) is 0 Å². The molecule has 140 valence electrons. The summed E-state index contributed by atoms with van der Waals surface area (Å²) in [4.78, 5) is 21.1. The summed E-state index contributed by atoms with van der Waals surface area (Å²) in [6.45, 7) is 4.53. The Morgan fingerprint density at radius 1 is 1.15 bits per heavy atom. The molecule has 0 atom stereocenters. The maximum Gasteiger partial charge on any atom is 0.250 e. The van der Waals surface area contributed by atoms with Gasteiger partial charge in [-0.05, 0) is 35.7 Å². The number of carbonyl (C=O) groups excluding carboxylic acids is 1. The van der Waals surface area contributed by atoms with Gasteiger partial charge in [0.15, 0.2) is 5.82 Å². The first kappa shape index (κ1) is 18.6. The Morgan fingerprint density at radius 2 is 1.85 bits per heavy atom. The zero-order valence-electron chi connectivity index (χ0n) is 15.7. The molecule has 2 aromatic heterocycles. The van der Waals surface area contributed by atoms with E-state index in [1.165, 1.54) is 4.68 Å². The van der Waals surface area contributed by atoms with Gasteiger partial charge in [0.2, 0.25) is 11.9 Å². The van der Waals surface area contributed by atoms with Crippen LogP contribution in [0.4, 0.5) is 5.95 Å². The number of aromatic nitrogens is 4. The molecule has 2 heterocycles. The Morgan fingerprint density at radius 3 is 2.48 bits per heavy atom. The third-order valence-corrected chi connectivity index (χ3v) is 3.97. The monoisotopic (exact) mass is 365 g/mol. The van der Waals surface area contributed by atoms with Gasteiger partial charge in [0.1, 0.15) is 5.75 Å². The second-order valence-electron chi connectivity index (χ2n) is 6.60. The molecule has 0 amide bonds. The standard InChI is InChI=1S/C20H23N5O2/c1-14(2)12-18(26)25-20(22-13-15-4-6-17(27-3)7-5-15)23-19(24-25)16-8-10-21-11-9-16/h4-11,14H,12-13H2,1-3H3,(H,22,23,24). The van der Waals surface area contributed by atoms with Crippen LogP contribution in [0.1, 0.15) is 30.6 Å². The highest BCUT2D eigenvalue weighted by Crippen LogP contribution is 2.19. The van der Waals surface area contributed by atoms with Gasteiger partial charge in [0, 0.05) is 30.9 Å². The zero-order valence-corrected chi connectivity index (χ0v) is 15.7. The average molecular weight is 365 g/mol. The van der Waals surface area contributed by atoms with Crippen molar-refractivity contribution in [3.8, 4) is 17.1 Å². The summed E-state index contributed by atoms with van der Waals surface area (Å²) in [6, 6.07) is 11.4. The molecule has 0 saturated carbocycles. The van der Waals surface area contributed by atoms with E-state index in [2.05, 4.69) is 20.4 Å². The molecule has 0 fully saturated rings. The SMILES string of the molecule is COc1ccc(CNc2nc(-c3ccncc3)nn2C(=O)CC(C)C)cc1. The Kier molecular flexibility index (Phi) is 5.80. The van der Waals surface area contributed by atoms with Crippen LogP contribution in [0.3, 0.4) is 0 Å². The second kappa shape index (κ2) is 8.44. The van der Waals surface area contributed by atoms with Crippen molar-refractivity contribution in [3.05, 3.63) is 54.4 Å². The van der Waals surface area contributed by atoms with Gasteiger partial charge < -0.3 is 10.1 Å². The number of benzene rings is 1. The minimum Gasteiger partial charge on any atom is -0.497 e. The fraction of sp³-hybridized carbons (Fsp3) is 0.300. The first-order valence-electron chi connectivity index (χ1n) is 8.84. The van der Waals surface area contributed by atoms with E-state index in [-0.39, 0.29) is 11.8 Å². The normalized spacial score (nSPS) is 10.8. The fourth-order valence-electron chi connectivity index (χ4n) is 2.58. The van der Waals surface area contributed by atoms with Crippen molar-refractivity contribution in [2.45, 2.75) is 26.8 Å². The highest BCUT2D eigenvalue weighted by atomic mass is 16.5. The van der Waals surface area contributed by atoms with Crippen LogP contribution < -0.4 is 10.1 Å². The number of anilines is 1. The Balaban J connectivity index is 1.84. The molecule has 0 spiro atoms. The third kappa shape index (κ3) is 4.69. The van der Waals surface area contributed by atoms with Crippen molar-refractivity contribution < 1.29 is 9.53 Å². The number of ether oxygens (including phenoxy) is 1. The number of nitrogens with one attached hydrogen (secondary N) is 1. The van der Waals surface area contributed by atoms with Gasteiger partial charge >= 0.3 is 0 Å². The molecule has 7 nitrogen and oxygen atoms in total. The molecule has 0 unspecified atom stereocenters. The van der Waals surface area contributed by atoms with Gasteiger partial charge in [-0.2, -0.15) is 9.67 Å². The summed E-state index contributed by atoms with van der Waals surface area (Å²) in [5, 5.41) is 7.64. The molecule has 7 heteroatoms. The first-order chi connectivity index (χ1) is 13.1. The largest absolute Gasteiger partial charge is 0.497 e. The summed E-state index contributed by atoms with van der Waals surface area (Å²) in [6.07, 6.45) is 3.75. The predicted molar refractivity (Wildman–Crippen MR) is 104 cm³/mol. The van der Waals surface area contributed by atoms with Crippen molar-refractivity contribution in [2.24, 2.45) is 5.92 Å². The van der Waals surface area contributed by atoms with Crippen LogP contribution >= 0.6 is 0 Å². The summed E-state index contributed by atoms with van der Waals surface area (Å²) < 4.78 is 6.54. The lowest BCUT2D eigenvalue weighted by molar-refractivity contribution is 0.0873. The van der Waals surface area contributed by atoms with Gasteiger partial charge in [0.05, 0.1) is 7.11 Å². The second-order valence-corrected chi connectivity index (χ2v) is 6.60. The van der Waals surface area contributed by atoms with Crippen LogP contribution in [0.5, 0.6) is 5.75 Å². The van der Waals surface area contributed by atoms with E-state index in [1.807, 2.05) is 50.2 Å². The fourth-order valence-corrected chi connectivity index (χ4v) is 2.58. The number of hydrogen-bond donors (Lipinski definition) is 1. The molecule has 0 bridgehead atoms. The van der Waals surface area contributed by atoms with E-state index in [9.17, 15) is 4.79 Å². The van der Waals surface area contributed by atoms with Crippen molar-refractivity contribution in [3.63, 3.8) is 0 Å². The predicted octanol–water partition coefficient (Wildman–Crippen LogP) is 3.65. The summed E-state index contributed by atoms with van der Waals surface area (Å²) in [7, 11) is 1.64. The Bertz CT molecular complexity index is 888. The van der Waals surface area contributed by atoms with E-state index in [4.69, 9.17) is 4.74 Å². The maximum atomic E-state index is 12.6. The molecule has 0 aliphatic heterocycles. The lowest BCUT2D eigenvalue weighted by atomic mass is 10.1. The number of hydrogen-bond acceptors (Lipinski definition) is 6. The number of methoxy groups -OCH3 is 1. The molecule has 1 N–H and O–H groups in total. The molecule has 3 aromatic rings. The van der Waals surface area contributed by atoms with Gasteiger partial charge in [-0.15, -0.1) is 5.10 Å². The van der Waals surface area contributed by atoms with E-state index in [1.54, 1.807) is 19.5 Å². The number of carbonyl (C=O) groups is 1. The summed E-state index contributed by atoms with van der Waals surface area (Å²) in [5.74, 6) is 1.87. The highest BCUT2D eigenvalue weighted by Gasteiger charge is 2.18. The molecule has 0 aliphatic carbocycles. The molecule has 0 saturated heterocycles. The Hall–Kier alpha value is -3.22. The van der Waals surface area contributed by atoms with Crippen LogP contribution in [0.2, 0.25) is 0 Å². The third-order valence-electron chi connectivity index (χ3n) is 3.97. The molecule has 27 heavy (non-hydrogen) atoms. The van der Waals surface area contributed by atoms with Crippen LogP contribution in [0, 0.1) is 5.92 Å². The van der Waals surface area contributed by atoms with E-state index in [0.29, 0.717) is 24.7 Å². The zero-order chi connectivity index (χ0) is 19.2. The van der Waals surface area contributed by atoms with Gasteiger partial charge in [0.25, 0.3) is 0 Å². The quantitative estimate of drug-likeness (QED) is 0.688. The lowest BCUT2D eigenvalue weighted by Crippen LogP contribution is -2.18. The lowest BCUT2D eigenvalue weighted by Gasteiger charge is -2.09. The topological polar surface area (TPSA) is 81.9 Å². The molecule has 3 rings (SSSR count). The van der Waals surface area contributed by atoms with Crippen LogP contribution in [0.15, 0.2) is 48.8 Å². The van der Waals surface area contributed by atoms with Crippen LogP contribution in [0.25, 0.3) is 11.4 Å². The minimum atomic E-state index is -0.0879. The molecule has 1 aromatic carbocycles. The molecular formula is C20H23N5O2. The van der Waals surface area contributed by atoms with E-state index < -0.39 is 0 Å².